The number of carboxylic acid groups (broad SMARTS) is 1. The molecule has 0 unspecified atom stereocenters. The fraction of sp³-hybridized carbons (Fsp3) is 0.375. The van der Waals surface area contributed by atoms with Crippen LogP contribution in [0.15, 0.2) is 24.3 Å². The van der Waals surface area contributed by atoms with Crippen LogP contribution in [0.5, 0.6) is 0 Å². The van der Waals surface area contributed by atoms with E-state index in [4.69, 9.17) is 27.9 Å². The van der Waals surface area contributed by atoms with Gasteiger partial charge in [0.05, 0.1) is 34.4 Å². The van der Waals surface area contributed by atoms with E-state index in [0.717, 1.165) is 16.2 Å². The van der Waals surface area contributed by atoms with Gasteiger partial charge < -0.3 is 14.7 Å². The quantitative estimate of drug-likeness (QED) is 0.577. The summed E-state index contributed by atoms with van der Waals surface area (Å²) in [6.45, 7) is 7.02. The van der Waals surface area contributed by atoms with Crippen LogP contribution in [-0.2, 0) is 9.53 Å². The summed E-state index contributed by atoms with van der Waals surface area (Å²) in [5.74, 6) is 3.89. The van der Waals surface area contributed by atoms with E-state index in [1.165, 1.54) is 24.3 Å². The summed E-state index contributed by atoms with van der Waals surface area (Å²) in [5.41, 5.74) is -0.106. The summed E-state index contributed by atoms with van der Waals surface area (Å²) in [6, 6.07) is 5.91. The Balaban J connectivity index is 2.07. The van der Waals surface area contributed by atoms with Gasteiger partial charge >= 0.3 is 5.97 Å². The zero-order valence-corrected chi connectivity index (χ0v) is 21.3. The highest BCUT2D eigenvalue weighted by molar-refractivity contribution is 7.15. The van der Waals surface area contributed by atoms with Gasteiger partial charge in [0.15, 0.2) is 0 Å². The van der Waals surface area contributed by atoms with Crippen molar-refractivity contribution in [1.29, 1.82) is 0 Å². The second kappa shape index (κ2) is 10.8. The number of benzene rings is 1. The molecule has 180 valence electrons. The number of hydrogen-bond donors (Lipinski definition) is 1. The van der Waals surface area contributed by atoms with Crippen molar-refractivity contribution in [3.63, 3.8) is 0 Å². The number of carboxylic acids is 1. The molecule has 0 aliphatic carbocycles. The first-order chi connectivity index (χ1) is 16.0. The van der Waals surface area contributed by atoms with Crippen LogP contribution in [-0.4, -0.2) is 60.6 Å². The van der Waals surface area contributed by atoms with Crippen molar-refractivity contribution in [2.45, 2.75) is 20.8 Å². The number of halogens is 2. The van der Waals surface area contributed by atoms with Gasteiger partial charge in [0.1, 0.15) is 11.4 Å². The zero-order valence-electron chi connectivity index (χ0n) is 19.0. The fourth-order valence-electron chi connectivity index (χ4n) is 3.17. The highest BCUT2D eigenvalue weighted by atomic mass is 35.5. The van der Waals surface area contributed by atoms with Gasteiger partial charge in [-0.2, -0.15) is 0 Å². The Morgan fingerprint density at radius 2 is 1.85 bits per heavy atom. The Morgan fingerprint density at radius 1 is 1.18 bits per heavy atom. The van der Waals surface area contributed by atoms with Crippen molar-refractivity contribution in [2.24, 2.45) is 5.41 Å². The smallest absolute Gasteiger partial charge is 0.348 e. The normalized spacial score (nSPS) is 13.7. The molecule has 1 aromatic carbocycles. The van der Waals surface area contributed by atoms with Gasteiger partial charge in [-0.05, 0) is 45.0 Å². The molecule has 1 aliphatic rings. The SMILES string of the molecule is CC(C)(C)C#Cc1cc(N(CC(=O)N2CCOCC2)C(=O)c2ccc(Cl)cc2Cl)c(C(=O)O)s1. The van der Waals surface area contributed by atoms with E-state index >= 15 is 0 Å². The number of rotatable bonds is 5. The first kappa shape index (κ1) is 26.0. The van der Waals surface area contributed by atoms with Gasteiger partial charge in [-0.25, -0.2) is 4.79 Å². The van der Waals surface area contributed by atoms with E-state index < -0.39 is 11.9 Å². The molecule has 10 heteroatoms. The summed E-state index contributed by atoms with van der Waals surface area (Å²) in [5, 5.41) is 10.3. The molecule has 2 heterocycles. The first-order valence-corrected chi connectivity index (χ1v) is 12.1. The number of aromatic carboxylic acids is 1. The molecular weight excluding hydrogens is 499 g/mol. The standard InChI is InChI=1S/C24H24Cl2N2O5S/c1-24(2,3)7-6-16-13-19(21(34-16)23(31)32)28(14-20(29)27-8-10-33-11-9-27)22(30)17-5-4-15(25)12-18(17)26/h4-5,12-13H,8-11,14H2,1-3H3,(H,31,32). The van der Waals surface area contributed by atoms with Crippen LogP contribution >= 0.6 is 34.5 Å². The Kier molecular flexibility index (Phi) is 8.26. The molecule has 0 bridgehead atoms. The topological polar surface area (TPSA) is 87.2 Å². The minimum atomic E-state index is -1.22. The van der Waals surface area contributed by atoms with Gasteiger partial charge in [-0.15, -0.1) is 11.3 Å². The molecule has 34 heavy (non-hydrogen) atoms. The largest absolute Gasteiger partial charge is 0.477 e. The van der Waals surface area contributed by atoms with E-state index in [0.29, 0.717) is 36.2 Å². The van der Waals surface area contributed by atoms with Crippen LogP contribution in [0.3, 0.4) is 0 Å². The molecule has 1 N–H and O–H groups in total. The zero-order chi connectivity index (χ0) is 25.0. The predicted octanol–water partition coefficient (Wildman–Crippen LogP) is 4.66. The Hall–Kier alpha value is -2.57. The lowest BCUT2D eigenvalue weighted by Crippen LogP contribution is -2.47. The summed E-state index contributed by atoms with van der Waals surface area (Å²) < 4.78 is 5.30. The van der Waals surface area contributed by atoms with E-state index in [-0.39, 0.29) is 39.0 Å². The average molecular weight is 523 g/mol. The van der Waals surface area contributed by atoms with Crippen molar-refractivity contribution in [1.82, 2.24) is 4.90 Å². The first-order valence-electron chi connectivity index (χ1n) is 10.5. The Bertz CT molecular complexity index is 1170. The van der Waals surface area contributed by atoms with Gasteiger partial charge in [-0.3, -0.25) is 14.5 Å². The lowest BCUT2D eigenvalue weighted by molar-refractivity contribution is -0.133. The third kappa shape index (κ3) is 6.51. The number of amides is 2. The molecule has 7 nitrogen and oxygen atoms in total. The lowest BCUT2D eigenvalue weighted by atomic mass is 9.98. The lowest BCUT2D eigenvalue weighted by Gasteiger charge is -2.30. The van der Waals surface area contributed by atoms with E-state index in [9.17, 15) is 19.5 Å². The molecule has 0 spiro atoms. The van der Waals surface area contributed by atoms with Crippen molar-refractivity contribution in [2.75, 3.05) is 37.7 Å². The number of ether oxygens (including phenoxy) is 1. The second-order valence-corrected chi connectivity index (χ2v) is 10.5. The molecular formula is C24H24Cl2N2O5S. The number of morpholine rings is 1. The highest BCUT2D eigenvalue weighted by Gasteiger charge is 2.30. The molecule has 3 rings (SSSR count). The van der Waals surface area contributed by atoms with Crippen LogP contribution in [0.4, 0.5) is 5.69 Å². The van der Waals surface area contributed by atoms with Gasteiger partial charge in [0, 0.05) is 23.5 Å². The second-order valence-electron chi connectivity index (χ2n) is 8.64. The van der Waals surface area contributed by atoms with Crippen LogP contribution in [0.1, 0.15) is 45.7 Å². The van der Waals surface area contributed by atoms with E-state index in [1.807, 2.05) is 20.8 Å². The van der Waals surface area contributed by atoms with Crippen molar-refractivity contribution >= 4 is 58.0 Å². The summed E-state index contributed by atoms with van der Waals surface area (Å²) in [7, 11) is 0. The third-order valence-corrected chi connectivity index (χ3v) is 6.40. The molecule has 0 saturated carbocycles. The molecule has 2 amide bonds. The van der Waals surface area contributed by atoms with Gasteiger partial charge in [0.2, 0.25) is 5.91 Å². The van der Waals surface area contributed by atoms with Crippen molar-refractivity contribution < 1.29 is 24.2 Å². The Labute approximate surface area is 212 Å². The fourth-order valence-corrected chi connectivity index (χ4v) is 4.51. The summed E-state index contributed by atoms with van der Waals surface area (Å²) in [4.78, 5) is 41.8. The van der Waals surface area contributed by atoms with Crippen LogP contribution in [0.2, 0.25) is 10.0 Å². The maximum atomic E-state index is 13.6. The predicted molar refractivity (Wildman–Crippen MR) is 133 cm³/mol. The van der Waals surface area contributed by atoms with Crippen molar-refractivity contribution in [3.8, 4) is 11.8 Å². The monoisotopic (exact) mass is 522 g/mol. The molecule has 1 aromatic heterocycles. The molecule has 0 radical (unpaired) electrons. The summed E-state index contributed by atoms with van der Waals surface area (Å²) >= 11 is 13.2. The minimum absolute atomic E-state index is 0.0911. The Morgan fingerprint density at radius 3 is 2.44 bits per heavy atom. The van der Waals surface area contributed by atoms with E-state index in [1.54, 1.807) is 4.90 Å². The molecule has 0 atom stereocenters. The number of anilines is 1. The molecule has 2 aromatic rings. The molecule has 1 saturated heterocycles. The molecule has 1 aliphatic heterocycles. The van der Waals surface area contributed by atoms with Gasteiger partial charge in [-0.1, -0.05) is 35.0 Å². The number of carbonyl (C=O) groups excluding carboxylic acids is 2. The number of hydrogen-bond acceptors (Lipinski definition) is 5. The van der Waals surface area contributed by atoms with Crippen molar-refractivity contribution in [3.05, 3.63) is 49.6 Å². The number of nitrogens with zero attached hydrogens (tertiary/aromatic N) is 2. The third-order valence-electron chi connectivity index (χ3n) is 4.82. The van der Waals surface area contributed by atoms with Crippen LogP contribution in [0, 0.1) is 17.3 Å². The minimum Gasteiger partial charge on any atom is -0.477 e. The number of thiophene rings is 1. The van der Waals surface area contributed by atoms with E-state index in [2.05, 4.69) is 11.8 Å². The number of carbonyl (C=O) groups is 3. The van der Waals surface area contributed by atoms with Crippen LogP contribution < -0.4 is 4.90 Å². The maximum Gasteiger partial charge on any atom is 0.348 e. The maximum absolute atomic E-state index is 13.6. The van der Waals surface area contributed by atoms with Crippen LogP contribution in [0.25, 0.3) is 0 Å². The summed E-state index contributed by atoms with van der Waals surface area (Å²) in [6.07, 6.45) is 0. The average Bonchev–Trinajstić information content (AvgIpc) is 3.20. The van der Waals surface area contributed by atoms with Gasteiger partial charge in [0.25, 0.3) is 5.91 Å². The highest BCUT2D eigenvalue weighted by Crippen LogP contribution is 2.33. The molecule has 1 fully saturated rings.